The van der Waals surface area contributed by atoms with Crippen molar-refractivity contribution < 1.29 is 24.0 Å². The highest BCUT2D eigenvalue weighted by Crippen LogP contribution is 2.29. The van der Waals surface area contributed by atoms with Gasteiger partial charge in [-0.2, -0.15) is 0 Å². The average Bonchev–Trinajstić information content (AvgIpc) is 2.94. The largest absolute Gasteiger partial charge is 0.493 e. The molecule has 2 atom stereocenters. The van der Waals surface area contributed by atoms with E-state index in [1.165, 1.54) is 4.90 Å². The van der Waals surface area contributed by atoms with Crippen molar-refractivity contribution in [3.8, 4) is 11.5 Å². The van der Waals surface area contributed by atoms with Crippen molar-refractivity contribution in [2.75, 3.05) is 27.4 Å². The summed E-state index contributed by atoms with van der Waals surface area (Å²) in [5.41, 5.74) is 0.761. The minimum Gasteiger partial charge on any atom is -0.493 e. The molecule has 1 aliphatic heterocycles. The van der Waals surface area contributed by atoms with Gasteiger partial charge in [-0.15, -0.1) is 0 Å². The molecule has 0 spiro atoms. The number of urea groups is 1. The van der Waals surface area contributed by atoms with Gasteiger partial charge in [0, 0.05) is 5.56 Å². The standard InChI is InChI=1S/C22H27N3O4/c1-5-29-18-12-11-16(13-19(18)28-4)14-24(3)15-25-20(26)22(2,23-21(25)27)17-9-7-6-8-10-17/h6-13H,5,14-15H2,1-4H3,(H,23,27)/p+1/t22-/m0/s1. The summed E-state index contributed by atoms with van der Waals surface area (Å²) in [5.74, 6) is 1.13. The Morgan fingerprint density at radius 2 is 1.83 bits per heavy atom. The summed E-state index contributed by atoms with van der Waals surface area (Å²) < 4.78 is 11.0. The van der Waals surface area contributed by atoms with Crippen LogP contribution in [0.4, 0.5) is 4.79 Å². The van der Waals surface area contributed by atoms with E-state index in [0.29, 0.717) is 24.7 Å². The topological polar surface area (TPSA) is 72.3 Å². The number of amides is 3. The molecule has 1 aliphatic rings. The number of carbonyl (C=O) groups excluding carboxylic acids is 2. The lowest BCUT2D eigenvalue weighted by Gasteiger charge is -2.23. The maximum Gasteiger partial charge on any atom is 0.329 e. The van der Waals surface area contributed by atoms with Crippen molar-refractivity contribution in [3.63, 3.8) is 0 Å². The Bertz CT molecular complexity index is 887. The van der Waals surface area contributed by atoms with Crippen LogP contribution in [0.2, 0.25) is 0 Å². The summed E-state index contributed by atoms with van der Waals surface area (Å²) >= 11 is 0. The van der Waals surface area contributed by atoms with E-state index in [-0.39, 0.29) is 18.6 Å². The minimum absolute atomic E-state index is 0.239. The fraction of sp³-hybridized carbons (Fsp3) is 0.364. The molecule has 7 heteroatoms. The van der Waals surface area contributed by atoms with E-state index in [1.54, 1.807) is 14.0 Å². The third-order valence-electron chi connectivity index (χ3n) is 5.09. The molecule has 2 aromatic rings. The average molecular weight is 398 g/mol. The zero-order chi connectivity index (χ0) is 21.0. The van der Waals surface area contributed by atoms with Crippen molar-refractivity contribution in [1.82, 2.24) is 10.2 Å². The van der Waals surface area contributed by atoms with Crippen molar-refractivity contribution in [1.29, 1.82) is 0 Å². The van der Waals surface area contributed by atoms with E-state index in [4.69, 9.17) is 9.47 Å². The number of imide groups is 1. The SMILES string of the molecule is CCOc1ccc(C[NH+](C)CN2C(=O)N[C@@](C)(c3ccccc3)C2=O)cc1OC. The monoisotopic (exact) mass is 398 g/mol. The molecule has 2 N–H and O–H groups in total. The Morgan fingerprint density at radius 1 is 1.10 bits per heavy atom. The molecule has 3 rings (SSSR count). The fourth-order valence-corrected chi connectivity index (χ4v) is 3.58. The number of ether oxygens (including phenoxy) is 2. The second kappa shape index (κ2) is 8.53. The highest BCUT2D eigenvalue weighted by Gasteiger charge is 2.49. The highest BCUT2D eigenvalue weighted by molar-refractivity contribution is 6.07. The van der Waals surface area contributed by atoms with Crippen molar-refractivity contribution in [3.05, 3.63) is 59.7 Å². The predicted octanol–water partition coefficient (Wildman–Crippen LogP) is 1.53. The van der Waals surface area contributed by atoms with Crippen LogP contribution >= 0.6 is 0 Å². The van der Waals surface area contributed by atoms with Gasteiger partial charge in [0.2, 0.25) is 0 Å². The number of hydrogen-bond acceptors (Lipinski definition) is 4. The Kier molecular flexibility index (Phi) is 6.08. The smallest absolute Gasteiger partial charge is 0.329 e. The lowest BCUT2D eigenvalue weighted by molar-refractivity contribution is -0.901. The predicted molar refractivity (Wildman–Crippen MR) is 109 cm³/mol. The summed E-state index contributed by atoms with van der Waals surface area (Å²) in [5, 5.41) is 2.84. The first-order chi connectivity index (χ1) is 13.9. The zero-order valence-electron chi connectivity index (χ0n) is 17.3. The third kappa shape index (κ3) is 4.19. The number of nitrogens with one attached hydrogen (secondary N) is 2. The second-order valence-electron chi connectivity index (χ2n) is 7.36. The number of quaternary nitrogens is 1. The quantitative estimate of drug-likeness (QED) is 0.662. The number of rotatable bonds is 8. The first-order valence-corrected chi connectivity index (χ1v) is 9.69. The van der Waals surface area contributed by atoms with Gasteiger partial charge in [-0.3, -0.25) is 4.79 Å². The highest BCUT2D eigenvalue weighted by atomic mass is 16.5. The van der Waals surface area contributed by atoms with Gasteiger partial charge in [0.25, 0.3) is 5.91 Å². The Morgan fingerprint density at radius 3 is 2.48 bits per heavy atom. The van der Waals surface area contributed by atoms with E-state index in [0.717, 1.165) is 16.0 Å². The summed E-state index contributed by atoms with van der Waals surface area (Å²) in [6.07, 6.45) is 0. The Balaban J connectivity index is 1.70. The Labute approximate surface area is 171 Å². The molecule has 1 saturated heterocycles. The number of carbonyl (C=O) groups is 2. The van der Waals surface area contributed by atoms with Crippen LogP contribution < -0.4 is 19.7 Å². The summed E-state index contributed by atoms with van der Waals surface area (Å²) in [4.78, 5) is 27.8. The van der Waals surface area contributed by atoms with Gasteiger partial charge in [0.15, 0.2) is 18.2 Å². The van der Waals surface area contributed by atoms with Crippen LogP contribution in [0.5, 0.6) is 11.5 Å². The molecule has 2 aromatic carbocycles. The first-order valence-electron chi connectivity index (χ1n) is 9.69. The van der Waals surface area contributed by atoms with Crippen molar-refractivity contribution >= 4 is 11.9 Å². The van der Waals surface area contributed by atoms with E-state index in [1.807, 2.05) is 62.5 Å². The molecule has 1 unspecified atom stereocenters. The molecule has 29 heavy (non-hydrogen) atoms. The van der Waals surface area contributed by atoms with Gasteiger partial charge < -0.3 is 19.7 Å². The van der Waals surface area contributed by atoms with Crippen LogP contribution in [-0.4, -0.2) is 44.3 Å². The Hall–Kier alpha value is -3.06. The van der Waals surface area contributed by atoms with E-state index in [2.05, 4.69) is 5.32 Å². The molecule has 7 nitrogen and oxygen atoms in total. The van der Waals surface area contributed by atoms with Crippen LogP contribution in [0, 0.1) is 0 Å². The number of nitrogens with zero attached hydrogens (tertiary/aromatic N) is 1. The molecular weight excluding hydrogens is 370 g/mol. The van der Waals surface area contributed by atoms with Gasteiger partial charge in [-0.05, 0) is 37.6 Å². The van der Waals surface area contributed by atoms with Crippen molar-refractivity contribution in [2.24, 2.45) is 0 Å². The molecule has 0 saturated carbocycles. The van der Waals surface area contributed by atoms with Crippen molar-refractivity contribution in [2.45, 2.75) is 25.9 Å². The van der Waals surface area contributed by atoms with Crippen LogP contribution in [0.15, 0.2) is 48.5 Å². The first kappa shape index (κ1) is 20.7. The molecule has 0 bridgehead atoms. The van der Waals surface area contributed by atoms with E-state index < -0.39 is 5.54 Å². The van der Waals surface area contributed by atoms with Crippen LogP contribution in [0.1, 0.15) is 25.0 Å². The maximum atomic E-state index is 13.0. The molecule has 0 aromatic heterocycles. The zero-order valence-corrected chi connectivity index (χ0v) is 17.3. The lowest BCUT2D eigenvalue weighted by atomic mass is 9.92. The molecule has 1 fully saturated rings. The minimum atomic E-state index is -1.04. The molecule has 0 aliphatic carbocycles. The summed E-state index contributed by atoms with van der Waals surface area (Å²) in [6, 6.07) is 14.7. The molecule has 3 amide bonds. The lowest BCUT2D eigenvalue weighted by Crippen LogP contribution is -3.09. The van der Waals surface area contributed by atoms with Crippen LogP contribution in [0.3, 0.4) is 0 Å². The molecule has 1 heterocycles. The number of methoxy groups -OCH3 is 1. The summed E-state index contributed by atoms with van der Waals surface area (Å²) in [7, 11) is 3.55. The van der Waals surface area contributed by atoms with Gasteiger partial charge in [-0.25, -0.2) is 9.69 Å². The van der Waals surface area contributed by atoms with Gasteiger partial charge in [-0.1, -0.05) is 30.3 Å². The number of benzene rings is 2. The maximum absolute atomic E-state index is 13.0. The van der Waals surface area contributed by atoms with Crippen LogP contribution in [0.25, 0.3) is 0 Å². The van der Waals surface area contributed by atoms with Gasteiger partial charge in [0.05, 0.1) is 20.8 Å². The summed E-state index contributed by atoms with van der Waals surface area (Å²) in [6.45, 7) is 5.12. The normalized spacial score (nSPS) is 19.8. The van der Waals surface area contributed by atoms with Gasteiger partial charge in [0.1, 0.15) is 12.1 Å². The molecule has 154 valence electrons. The molecular formula is C22H28N3O4+. The van der Waals surface area contributed by atoms with Crippen LogP contribution in [-0.2, 0) is 16.9 Å². The van der Waals surface area contributed by atoms with E-state index in [9.17, 15) is 9.59 Å². The van der Waals surface area contributed by atoms with Gasteiger partial charge >= 0.3 is 6.03 Å². The number of hydrogen-bond donors (Lipinski definition) is 2. The van der Waals surface area contributed by atoms with E-state index >= 15 is 0 Å². The second-order valence-corrected chi connectivity index (χ2v) is 7.36. The third-order valence-corrected chi connectivity index (χ3v) is 5.09. The fourth-order valence-electron chi connectivity index (χ4n) is 3.58. The molecule has 0 radical (unpaired) electrons.